The number of hydrogen-bond donors (Lipinski definition) is 1. The number of aromatic nitrogens is 2. The van der Waals surface area contributed by atoms with Gasteiger partial charge in [-0.15, -0.1) is 0 Å². The fraction of sp³-hybridized carbons (Fsp3) is 0.417. The second kappa shape index (κ2) is 3.07. The van der Waals surface area contributed by atoms with Crippen molar-refractivity contribution in [3.63, 3.8) is 0 Å². The number of hydrogen-bond acceptors (Lipinski definition) is 2. The normalized spacial score (nSPS) is 16.1. The maximum absolute atomic E-state index is 5.72. The zero-order chi connectivity index (χ0) is 10.4. The summed E-state index contributed by atoms with van der Waals surface area (Å²) in [6.07, 6.45) is 2.61. The van der Waals surface area contributed by atoms with Crippen molar-refractivity contribution in [3.05, 3.63) is 29.5 Å². The first kappa shape index (κ1) is 8.92. The van der Waals surface area contributed by atoms with Crippen molar-refractivity contribution in [2.75, 3.05) is 0 Å². The second-order valence-corrected chi connectivity index (χ2v) is 4.30. The molecule has 3 rings (SSSR count). The first-order chi connectivity index (χ1) is 7.31. The lowest BCUT2D eigenvalue weighted by Crippen LogP contribution is -1.97. The molecule has 2 N–H and O–H groups in total. The standard InChI is InChI=1S/C12H15N3/c1-15-12(8-5-6-8)10-4-2-3-9(7-13)11(10)14-15/h2-4,8H,5-7,13H2,1H3. The second-order valence-electron chi connectivity index (χ2n) is 4.30. The minimum absolute atomic E-state index is 0.568. The van der Waals surface area contributed by atoms with Gasteiger partial charge in [0.05, 0.1) is 5.52 Å². The van der Waals surface area contributed by atoms with Crippen molar-refractivity contribution in [2.24, 2.45) is 12.8 Å². The van der Waals surface area contributed by atoms with Gasteiger partial charge in [-0.05, 0) is 18.4 Å². The lowest BCUT2D eigenvalue weighted by molar-refractivity contribution is 0.722. The lowest BCUT2D eigenvalue weighted by Gasteiger charge is -1.99. The van der Waals surface area contributed by atoms with Gasteiger partial charge in [0.1, 0.15) is 0 Å². The summed E-state index contributed by atoms with van der Waals surface area (Å²) in [7, 11) is 2.04. The molecular weight excluding hydrogens is 186 g/mol. The molecule has 1 saturated carbocycles. The molecule has 78 valence electrons. The first-order valence-electron chi connectivity index (χ1n) is 5.46. The summed E-state index contributed by atoms with van der Waals surface area (Å²) in [6.45, 7) is 0.568. The maximum Gasteiger partial charge on any atom is 0.0971 e. The molecule has 3 heteroatoms. The van der Waals surface area contributed by atoms with Gasteiger partial charge in [-0.2, -0.15) is 5.10 Å². The Hall–Kier alpha value is -1.35. The van der Waals surface area contributed by atoms with Crippen LogP contribution < -0.4 is 5.73 Å². The third kappa shape index (κ3) is 1.27. The Labute approximate surface area is 88.9 Å². The van der Waals surface area contributed by atoms with Crippen LogP contribution in [0.25, 0.3) is 10.9 Å². The van der Waals surface area contributed by atoms with E-state index in [4.69, 9.17) is 5.73 Å². The number of aryl methyl sites for hydroxylation is 1. The van der Waals surface area contributed by atoms with Gasteiger partial charge in [0, 0.05) is 30.6 Å². The van der Waals surface area contributed by atoms with E-state index in [1.54, 1.807) is 0 Å². The van der Waals surface area contributed by atoms with Gasteiger partial charge < -0.3 is 5.73 Å². The van der Waals surface area contributed by atoms with Crippen LogP contribution in [0.5, 0.6) is 0 Å². The number of fused-ring (bicyclic) bond motifs is 1. The van der Waals surface area contributed by atoms with Gasteiger partial charge in [0.25, 0.3) is 0 Å². The number of nitrogens with zero attached hydrogens (tertiary/aromatic N) is 2. The number of benzene rings is 1. The van der Waals surface area contributed by atoms with Crippen LogP contribution in [0.3, 0.4) is 0 Å². The Morgan fingerprint density at radius 3 is 2.93 bits per heavy atom. The highest BCUT2D eigenvalue weighted by Gasteiger charge is 2.29. The summed E-state index contributed by atoms with van der Waals surface area (Å²) >= 11 is 0. The van der Waals surface area contributed by atoms with Gasteiger partial charge >= 0.3 is 0 Å². The molecule has 0 spiro atoms. The van der Waals surface area contributed by atoms with Crippen LogP contribution >= 0.6 is 0 Å². The van der Waals surface area contributed by atoms with Crippen molar-refractivity contribution in [1.82, 2.24) is 9.78 Å². The summed E-state index contributed by atoms with van der Waals surface area (Å²) in [5, 5.41) is 5.88. The smallest absolute Gasteiger partial charge is 0.0971 e. The highest BCUT2D eigenvalue weighted by Crippen LogP contribution is 2.43. The Balaban J connectivity index is 2.31. The summed E-state index contributed by atoms with van der Waals surface area (Å²) in [4.78, 5) is 0. The highest BCUT2D eigenvalue weighted by atomic mass is 15.3. The van der Waals surface area contributed by atoms with E-state index in [1.165, 1.54) is 23.9 Å². The van der Waals surface area contributed by atoms with Crippen molar-refractivity contribution in [1.29, 1.82) is 0 Å². The summed E-state index contributed by atoms with van der Waals surface area (Å²) < 4.78 is 2.03. The molecule has 1 fully saturated rings. The van der Waals surface area contributed by atoms with E-state index in [0.717, 1.165) is 17.0 Å². The Bertz CT molecular complexity index is 509. The molecule has 0 bridgehead atoms. The predicted molar refractivity (Wildman–Crippen MR) is 60.6 cm³/mol. The van der Waals surface area contributed by atoms with Crippen LogP contribution in [0.1, 0.15) is 30.0 Å². The Morgan fingerprint density at radius 2 is 2.27 bits per heavy atom. The topological polar surface area (TPSA) is 43.8 Å². The van der Waals surface area contributed by atoms with E-state index in [0.29, 0.717) is 6.54 Å². The highest BCUT2D eigenvalue weighted by molar-refractivity contribution is 5.85. The molecule has 0 atom stereocenters. The van der Waals surface area contributed by atoms with Crippen LogP contribution in [0.15, 0.2) is 18.2 Å². The monoisotopic (exact) mass is 201 g/mol. The minimum Gasteiger partial charge on any atom is -0.326 e. The molecule has 1 aromatic carbocycles. The molecular formula is C12H15N3. The van der Waals surface area contributed by atoms with Gasteiger partial charge in [-0.1, -0.05) is 18.2 Å². The molecule has 0 amide bonds. The third-order valence-electron chi connectivity index (χ3n) is 3.18. The van der Waals surface area contributed by atoms with E-state index < -0.39 is 0 Å². The summed E-state index contributed by atoms with van der Waals surface area (Å²) in [5.74, 6) is 0.730. The predicted octanol–water partition coefficient (Wildman–Crippen LogP) is 1.91. The summed E-state index contributed by atoms with van der Waals surface area (Å²) in [6, 6.07) is 6.30. The molecule has 1 aliphatic rings. The van der Waals surface area contributed by atoms with Crippen LogP contribution in [-0.2, 0) is 13.6 Å². The van der Waals surface area contributed by atoms with Crippen LogP contribution in [0.2, 0.25) is 0 Å². The molecule has 15 heavy (non-hydrogen) atoms. The molecule has 1 aromatic heterocycles. The zero-order valence-electron chi connectivity index (χ0n) is 8.90. The first-order valence-corrected chi connectivity index (χ1v) is 5.46. The largest absolute Gasteiger partial charge is 0.326 e. The van der Waals surface area contributed by atoms with Crippen molar-refractivity contribution in [3.8, 4) is 0 Å². The van der Waals surface area contributed by atoms with E-state index in [1.807, 2.05) is 11.7 Å². The van der Waals surface area contributed by atoms with E-state index in [9.17, 15) is 0 Å². The molecule has 1 aliphatic carbocycles. The van der Waals surface area contributed by atoms with Crippen molar-refractivity contribution >= 4 is 10.9 Å². The van der Waals surface area contributed by atoms with Crippen LogP contribution in [-0.4, -0.2) is 9.78 Å². The average Bonchev–Trinajstić information content (AvgIpc) is 3.00. The fourth-order valence-corrected chi connectivity index (χ4v) is 2.30. The molecule has 2 aromatic rings. The molecule has 0 radical (unpaired) electrons. The molecule has 1 heterocycles. The van der Waals surface area contributed by atoms with Crippen molar-refractivity contribution in [2.45, 2.75) is 25.3 Å². The van der Waals surface area contributed by atoms with Crippen LogP contribution in [0.4, 0.5) is 0 Å². The van der Waals surface area contributed by atoms with Crippen molar-refractivity contribution < 1.29 is 0 Å². The van der Waals surface area contributed by atoms with Gasteiger partial charge in [-0.3, -0.25) is 4.68 Å². The quantitative estimate of drug-likeness (QED) is 0.806. The van der Waals surface area contributed by atoms with Gasteiger partial charge in [-0.25, -0.2) is 0 Å². The maximum atomic E-state index is 5.72. The zero-order valence-corrected chi connectivity index (χ0v) is 8.90. The fourth-order valence-electron chi connectivity index (χ4n) is 2.30. The Kier molecular flexibility index (Phi) is 1.83. The number of rotatable bonds is 2. The molecule has 0 unspecified atom stereocenters. The van der Waals surface area contributed by atoms with E-state index >= 15 is 0 Å². The third-order valence-corrected chi connectivity index (χ3v) is 3.18. The molecule has 3 nitrogen and oxygen atoms in total. The summed E-state index contributed by atoms with van der Waals surface area (Å²) in [5.41, 5.74) is 9.34. The SMILES string of the molecule is Cn1nc2c(CN)cccc2c1C1CC1. The van der Waals surface area contributed by atoms with E-state index in [2.05, 4.69) is 23.3 Å². The minimum atomic E-state index is 0.568. The van der Waals surface area contributed by atoms with E-state index in [-0.39, 0.29) is 0 Å². The van der Waals surface area contributed by atoms with Gasteiger partial charge in [0.2, 0.25) is 0 Å². The van der Waals surface area contributed by atoms with Crippen LogP contribution in [0, 0.1) is 0 Å². The number of nitrogens with two attached hydrogens (primary N) is 1. The Morgan fingerprint density at radius 1 is 1.47 bits per heavy atom. The lowest BCUT2D eigenvalue weighted by atomic mass is 10.1. The molecule has 0 saturated heterocycles. The van der Waals surface area contributed by atoms with Gasteiger partial charge in [0.15, 0.2) is 0 Å². The molecule has 0 aliphatic heterocycles. The average molecular weight is 201 g/mol.